The molecular weight excluding hydrogens is 282 g/mol. The molecule has 1 aliphatic heterocycles. The average Bonchev–Trinajstić information content (AvgIpc) is 2.82. The summed E-state index contributed by atoms with van der Waals surface area (Å²) in [6.07, 6.45) is 10.8. The predicted octanol–water partition coefficient (Wildman–Crippen LogP) is 3.14. The van der Waals surface area contributed by atoms with Gasteiger partial charge in [-0.2, -0.15) is 4.31 Å². The summed E-state index contributed by atoms with van der Waals surface area (Å²) in [5.41, 5.74) is 1.07. The molecule has 3 nitrogen and oxygen atoms in total. The highest BCUT2D eigenvalue weighted by molar-refractivity contribution is 7.89. The molecule has 0 spiro atoms. The molecule has 2 atom stereocenters. The van der Waals surface area contributed by atoms with Crippen LogP contribution < -0.4 is 0 Å². The van der Waals surface area contributed by atoms with Crippen LogP contribution in [0, 0.1) is 18.8 Å². The first-order valence-electron chi connectivity index (χ1n) is 7.47. The fourth-order valence-corrected chi connectivity index (χ4v) is 4.53. The molecule has 2 aliphatic rings. The number of sulfonamides is 1. The van der Waals surface area contributed by atoms with E-state index in [2.05, 4.69) is 24.3 Å². The summed E-state index contributed by atoms with van der Waals surface area (Å²) in [6.45, 7) is 3.13. The van der Waals surface area contributed by atoms with E-state index >= 15 is 0 Å². The van der Waals surface area contributed by atoms with E-state index in [1.165, 1.54) is 0 Å². The van der Waals surface area contributed by atoms with E-state index in [-0.39, 0.29) is 0 Å². The highest BCUT2D eigenvalue weighted by Gasteiger charge is 2.37. The van der Waals surface area contributed by atoms with Crippen LogP contribution in [0.5, 0.6) is 0 Å². The van der Waals surface area contributed by atoms with Crippen LogP contribution in [0.15, 0.2) is 53.5 Å². The van der Waals surface area contributed by atoms with Crippen LogP contribution in [-0.4, -0.2) is 25.8 Å². The van der Waals surface area contributed by atoms with Gasteiger partial charge >= 0.3 is 0 Å². The van der Waals surface area contributed by atoms with Gasteiger partial charge < -0.3 is 0 Å². The van der Waals surface area contributed by atoms with E-state index in [1.807, 2.05) is 19.1 Å². The minimum atomic E-state index is -3.37. The fraction of sp³-hybridized carbons (Fsp3) is 0.412. The Bertz CT molecular complexity index is 637. The number of hydrogen-bond acceptors (Lipinski definition) is 2. The van der Waals surface area contributed by atoms with Crippen molar-refractivity contribution >= 4 is 10.0 Å². The van der Waals surface area contributed by atoms with Crippen molar-refractivity contribution in [2.45, 2.75) is 24.7 Å². The van der Waals surface area contributed by atoms with Gasteiger partial charge in [-0.25, -0.2) is 8.42 Å². The van der Waals surface area contributed by atoms with Gasteiger partial charge in [0.05, 0.1) is 4.90 Å². The van der Waals surface area contributed by atoms with Gasteiger partial charge in [0.1, 0.15) is 0 Å². The van der Waals surface area contributed by atoms with Crippen LogP contribution in [0.2, 0.25) is 0 Å². The number of fused-ring (bicyclic) bond motifs is 1. The molecule has 112 valence electrons. The molecule has 1 aromatic carbocycles. The van der Waals surface area contributed by atoms with Crippen LogP contribution >= 0.6 is 0 Å². The number of benzene rings is 1. The lowest BCUT2D eigenvalue weighted by Crippen LogP contribution is -2.29. The fourth-order valence-electron chi connectivity index (χ4n) is 3.01. The zero-order valence-corrected chi connectivity index (χ0v) is 13.1. The molecular formula is C17H21NO2S. The summed E-state index contributed by atoms with van der Waals surface area (Å²) < 4.78 is 27.1. The Kier molecular flexibility index (Phi) is 4.00. The lowest BCUT2D eigenvalue weighted by molar-refractivity contribution is 0.467. The summed E-state index contributed by atoms with van der Waals surface area (Å²) in [6, 6.07) is 7.12. The molecule has 1 aromatic rings. The van der Waals surface area contributed by atoms with Crippen molar-refractivity contribution in [2.24, 2.45) is 11.8 Å². The van der Waals surface area contributed by atoms with Crippen molar-refractivity contribution in [3.05, 3.63) is 54.1 Å². The highest BCUT2D eigenvalue weighted by Crippen LogP contribution is 2.31. The monoisotopic (exact) mass is 303 g/mol. The number of nitrogens with zero attached hydrogens (tertiary/aromatic N) is 1. The number of allylic oxidation sites excluding steroid dienone is 2. The second-order valence-corrected chi connectivity index (χ2v) is 7.83. The van der Waals surface area contributed by atoms with Crippen LogP contribution in [-0.2, 0) is 10.0 Å². The molecule has 1 aliphatic carbocycles. The molecule has 1 fully saturated rings. The van der Waals surface area contributed by atoms with E-state index < -0.39 is 10.0 Å². The summed E-state index contributed by atoms with van der Waals surface area (Å²) in [4.78, 5) is 0.398. The minimum Gasteiger partial charge on any atom is -0.207 e. The Balaban J connectivity index is 1.85. The van der Waals surface area contributed by atoms with Gasteiger partial charge in [-0.3, -0.25) is 0 Å². The third-order valence-corrected chi connectivity index (χ3v) is 6.15. The van der Waals surface area contributed by atoms with Crippen molar-refractivity contribution in [3.8, 4) is 0 Å². The molecule has 0 unspecified atom stereocenters. The Hall–Kier alpha value is -1.39. The van der Waals surface area contributed by atoms with Crippen molar-refractivity contribution in [2.75, 3.05) is 13.1 Å². The molecule has 21 heavy (non-hydrogen) atoms. The van der Waals surface area contributed by atoms with Gasteiger partial charge in [0.25, 0.3) is 0 Å². The SMILES string of the molecule is Cc1ccc(S(=O)(=O)N2C[C@H]3/C=C\CC/C=C\[C@H]3C2)cc1. The Morgan fingerprint density at radius 1 is 0.952 bits per heavy atom. The Labute approximate surface area is 127 Å². The van der Waals surface area contributed by atoms with Gasteiger partial charge in [0, 0.05) is 13.1 Å². The lowest BCUT2D eigenvalue weighted by Gasteiger charge is -2.16. The molecule has 4 heteroatoms. The van der Waals surface area contributed by atoms with Crippen LogP contribution in [0.3, 0.4) is 0 Å². The van der Waals surface area contributed by atoms with Gasteiger partial charge in [0.15, 0.2) is 0 Å². The largest absolute Gasteiger partial charge is 0.243 e. The highest BCUT2D eigenvalue weighted by atomic mass is 32.2. The maximum atomic E-state index is 12.7. The quantitative estimate of drug-likeness (QED) is 0.787. The number of aryl methyl sites for hydroxylation is 1. The minimum absolute atomic E-state index is 0.307. The van der Waals surface area contributed by atoms with E-state index in [0.29, 0.717) is 29.8 Å². The van der Waals surface area contributed by atoms with Crippen LogP contribution in [0.25, 0.3) is 0 Å². The molecule has 0 radical (unpaired) electrons. The predicted molar refractivity (Wildman–Crippen MR) is 84.4 cm³/mol. The lowest BCUT2D eigenvalue weighted by atomic mass is 9.93. The Morgan fingerprint density at radius 2 is 1.48 bits per heavy atom. The third-order valence-electron chi connectivity index (χ3n) is 4.30. The van der Waals surface area contributed by atoms with Crippen molar-refractivity contribution in [1.82, 2.24) is 4.31 Å². The first-order valence-corrected chi connectivity index (χ1v) is 8.91. The van der Waals surface area contributed by atoms with E-state index in [4.69, 9.17) is 0 Å². The summed E-state index contributed by atoms with van der Waals surface area (Å²) in [7, 11) is -3.37. The third kappa shape index (κ3) is 2.97. The topological polar surface area (TPSA) is 37.4 Å². The molecule has 0 N–H and O–H groups in total. The average molecular weight is 303 g/mol. The van der Waals surface area contributed by atoms with Crippen molar-refractivity contribution in [3.63, 3.8) is 0 Å². The van der Waals surface area contributed by atoms with Gasteiger partial charge in [-0.1, -0.05) is 42.0 Å². The standard InChI is InChI=1S/C17H21NO2S/c1-14-8-10-17(11-9-14)21(19,20)18-12-15-6-4-2-3-5-7-16(15)13-18/h4-11,15-16H,2-3,12-13H2,1H3/b6-4-,7-5-/t15-,16+. The smallest absolute Gasteiger partial charge is 0.207 e. The molecule has 0 saturated carbocycles. The maximum absolute atomic E-state index is 12.7. The Morgan fingerprint density at radius 3 is 2.00 bits per heavy atom. The summed E-state index contributed by atoms with van der Waals surface area (Å²) in [5, 5.41) is 0. The van der Waals surface area contributed by atoms with E-state index in [1.54, 1.807) is 16.4 Å². The van der Waals surface area contributed by atoms with Crippen molar-refractivity contribution in [1.29, 1.82) is 0 Å². The van der Waals surface area contributed by atoms with Crippen LogP contribution in [0.1, 0.15) is 18.4 Å². The molecule has 0 amide bonds. The first kappa shape index (κ1) is 14.5. The van der Waals surface area contributed by atoms with Gasteiger partial charge in [-0.15, -0.1) is 0 Å². The number of rotatable bonds is 2. The first-order chi connectivity index (χ1) is 10.1. The van der Waals surface area contributed by atoms with Gasteiger partial charge in [0.2, 0.25) is 10.0 Å². The molecule has 3 rings (SSSR count). The summed E-state index contributed by atoms with van der Waals surface area (Å²) >= 11 is 0. The number of hydrogen-bond donors (Lipinski definition) is 0. The van der Waals surface area contributed by atoms with E-state index in [9.17, 15) is 8.42 Å². The molecule has 0 bridgehead atoms. The van der Waals surface area contributed by atoms with Crippen LogP contribution in [0.4, 0.5) is 0 Å². The maximum Gasteiger partial charge on any atom is 0.243 e. The molecule has 1 saturated heterocycles. The molecule has 1 heterocycles. The second-order valence-electron chi connectivity index (χ2n) is 5.90. The summed E-state index contributed by atoms with van der Waals surface area (Å²) in [5.74, 6) is 0.614. The van der Waals surface area contributed by atoms with Gasteiger partial charge in [-0.05, 0) is 43.7 Å². The molecule has 0 aromatic heterocycles. The second kappa shape index (κ2) is 5.78. The van der Waals surface area contributed by atoms with Crippen molar-refractivity contribution < 1.29 is 8.42 Å². The normalized spacial score (nSPS) is 29.4. The zero-order chi connectivity index (χ0) is 14.9. The van der Waals surface area contributed by atoms with E-state index in [0.717, 1.165) is 18.4 Å². The zero-order valence-electron chi connectivity index (χ0n) is 12.3.